The molecule has 238 valence electrons. The predicted octanol–water partition coefficient (Wildman–Crippen LogP) is 10.1. The lowest BCUT2D eigenvalue weighted by Crippen LogP contribution is -2.45. The molecular formula is C37H67NO3. The normalized spacial score (nSPS) is 13.8. The summed E-state index contributed by atoms with van der Waals surface area (Å²) in [6, 6.07) is -0.647. The van der Waals surface area contributed by atoms with E-state index in [1.165, 1.54) is 89.9 Å². The third-order valence-corrected chi connectivity index (χ3v) is 7.51. The van der Waals surface area contributed by atoms with Gasteiger partial charge in [-0.25, -0.2) is 0 Å². The third kappa shape index (κ3) is 29.6. The number of aliphatic hydroxyl groups excluding tert-OH is 2. The Labute approximate surface area is 254 Å². The van der Waals surface area contributed by atoms with E-state index in [0.29, 0.717) is 6.42 Å². The smallest absolute Gasteiger partial charge is 0.220 e. The topological polar surface area (TPSA) is 69.6 Å². The van der Waals surface area contributed by atoms with E-state index in [1.54, 1.807) is 6.08 Å². The maximum absolute atomic E-state index is 12.3. The molecule has 0 radical (unpaired) electrons. The molecular weight excluding hydrogens is 506 g/mol. The SMILES string of the molecule is CCCCCCC/C=C\CCCCCCCC(=O)NC(CO)C(O)/C=C/CC/C=C/CC/C=C/CCCCCCC. The van der Waals surface area contributed by atoms with Crippen molar-refractivity contribution in [1.82, 2.24) is 5.32 Å². The number of carbonyl (C=O) groups excluding carboxylic acids is 1. The molecule has 0 fully saturated rings. The second-order valence-electron chi connectivity index (χ2n) is 11.6. The fraction of sp³-hybridized carbons (Fsp3) is 0.757. The van der Waals surface area contributed by atoms with Gasteiger partial charge in [0.1, 0.15) is 0 Å². The van der Waals surface area contributed by atoms with E-state index in [-0.39, 0.29) is 12.5 Å². The van der Waals surface area contributed by atoms with Crippen LogP contribution < -0.4 is 5.32 Å². The third-order valence-electron chi connectivity index (χ3n) is 7.51. The van der Waals surface area contributed by atoms with Crippen LogP contribution in [-0.2, 0) is 4.79 Å². The van der Waals surface area contributed by atoms with Crippen molar-refractivity contribution in [2.75, 3.05) is 6.61 Å². The van der Waals surface area contributed by atoms with Crippen LogP contribution in [0.2, 0.25) is 0 Å². The summed E-state index contributed by atoms with van der Waals surface area (Å²) >= 11 is 0. The minimum Gasteiger partial charge on any atom is -0.394 e. The van der Waals surface area contributed by atoms with Gasteiger partial charge >= 0.3 is 0 Å². The summed E-state index contributed by atoms with van der Waals surface area (Å²) < 4.78 is 0. The first-order chi connectivity index (χ1) is 20.2. The van der Waals surface area contributed by atoms with Crippen molar-refractivity contribution >= 4 is 5.91 Å². The number of amides is 1. The maximum Gasteiger partial charge on any atom is 0.220 e. The molecule has 0 aliphatic heterocycles. The highest BCUT2D eigenvalue weighted by Gasteiger charge is 2.17. The first-order valence-corrected chi connectivity index (χ1v) is 17.4. The van der Waals surface area contributed by atoms with Gasteiger partial charge in [-0.1, -0.05) is 133 Å². The zero-order chi connectivity index (χ0) is 30.1. The molecule has 41 heavy (non-hydrogen) atoms. The molecule has 0 aromatic rings. The Balaban J connectivity index is 3.76. The first-order valence-electron chi connectivity index (χ1n) is 17.4. The fourth-order valence-corrected chi connectivity index (χ4v) is 4.79. The van der Waals surface area contributed by atoms with Crippen LogP contribution in [0, 0.1) is 0 Å². The van der Waals surface area contributed by atoms with Gasteiger partial charge in [-0.05, 0) is 70.6 Å². The Morgan fingerprint density at radius 3 is 1.41 bits per heavy atom. The number of hydrogen-bond donors (Lipinski definition) is 3. The number of carbonyl (C=O) groups is 1. The van der Waals surface area contributed by atoms with Crippen LogP contribution in [0.15, 0.2) is 48.6 Å². The summed E-state index contributed by atoms with van der Waals surface area (Å²) in [4.78, 5) is 12.3. The number of allylic oxidation sites excluding steroid dienone is 7. The molecule has 2 atom stereocenters. The molecule has 0 saturated heterocycles. The quantitative estimate of drug-likeness (QED) is 0.0591. The van der Waals surface area contributed by atoms with Crippen molar-refractivity contribution in [3.63, 3.8) is 0 Å². The summed E-state index contributed by atoms with van der Waals surface area (Å²) in [5.41, 5.74) is 0. The lowest BCUT2D eigenvalue weighted by atomic mass is 10.1. The van der Waals surface area contributed by atoms with Crippen LogP contribution >= 0.6 is 0 Å². The van der Waals surface area contributed by atoms with Gasteiger partial charge in [0.25, 0.3) is 0 Å². The zero-order valence-corrected chi connectivity index (χ0v) is 27.0. The first kappa shape index (κ1) is 39.4. The molecule has 0 bridgehead atoms. The van der Waals surface area contributed by atoms with Gasteiger partial charge in [0, 0.05) is 6.42 Å². The Hall–Kier alpha value is -1.65. The summed E-state index contributed by atoms with van der Waals surface area (Å²) in [7, 11) is 0. The Kier molecular flexibility index (Phi) is 31.5. The van der Waals surface area contributed by atoms with E-state index in [9.17, 15) is 15.0 Å². The minimum atomic E-state index is -0.871. The highest BCUT2D eigenvalue weighted by Crippen LogP contribution is 2.10. The Bertz CT molecular complexity index is 667. The molecule has 0 spiro atoms. The molecule has 0 aromatic heterocycles. The maximum atomic E-state index is 12.3. The van der Waals surface area contributed by atoms with E-state index < -0.39 is 12.1 Å². The molecule has 3 N–H and O–H groups in total. The molecule has 1 amide bonds. The average Bonchev–Trinajstić information content (AvgIpc) is 2.97. The molecule has 0 aliphatic carbocycles. The van der Waals surface area contributed by atoms with E-state index in [1.807, 2.05) is 6.08 Å². The molecule has 0 saturated carbocycles. The largest absolute Gasteiger partial charge is 0.394 e. The van der Waals surface area contributed by atoms with Crippen LogP contribution in [0.25, 0.3) is 0 Å². The molecule has 0 heterocycles. The van der Waals surface area contributed by atoms with Crippen molar-refractivity contribution < 1.29 is 15.0 Å². The monoisotopic (exact) mass is 574 g/mol. The number of nitrogens with one attached hydrogen (secondary N) is 1. The van der Waals surface area contributed by atoms with Crippen LogP contribution in [0.5, 0.6) is 0 Å². The Morgan fingerprint density at radius 1 is 0.561 bits per heavy atom. The van der Waals surface area contributed by atoms with E-state index >= 15 is 0 Å². The van der Waals surface area contributed by atoms with Gasteiger partial charge in [0.2, 0.25) is 5.91 Å². The summed E-state index contributed by atoms with van der Waals surface area (Å²) in [6.07, 6.45) is 43.3. The van der Waals surface area contributed by atoms with Gasteiger partial charge < -0.3 is 15.5 Å². The molecule has 0 aromatic carbocycles. The van der Waals surface area contributed by atoms with Crippen molar-refractivity contribution in [3.05, 3.63) is 48.6 Å². The van der Waals surface area contributed by atoms with Gasteiger partial charge in [0.15, 0.2) is 0 Å². The molecule has 0 aliphatic rings. The van der Waals surface area contributed by atoms with Gasteiger partial charge in [0.05, 0.1) is 18.8 Å². The van der Waals surface area contributed by atoms with Crippen molar-refractivity contribution in [3.8, 4) is 0 Å². The van der Waals surface area contributed by atoms with Crippen molar-refractivity contribution in [2.45, 2.75) is 174 Å². The standard InChI is InChI=1S/C37H67NO3/c1-3-5-7-9-11-13-15-17-19-20-22-24-26-28-30-32-36(40)35(34-39)38-37(41)33-31-29-27-25-23-21-18-16-14-12-10-8-6-4-2/h15-18,22,24,30,32,35-36,39-40H,3-14,19-21,23,25-29,31,33-34H2,1-2H3,(H,38,41)/b17-15+,18-16-,24-22+,32-30+. The summed E-state index contributed by atoms with van der Waals surface area (Å²) in [5, 5.41) is 22.8. The minimum absolute atomic E-state index is 0.0909. The average molecular weight is 574 g/mol. The van der Waals surface area contributed by atoms with Gasteiger partial charge in [-0.3, -0.25) is 4.79 Å². The number of aliphatic hydroxyl groups is 2. The van der Waals surface area contributed by atoms with Crippen molar-refractivity contribution in [2.24, 2.45) is 0 Å². The van der Waals surface area contributed by atoms with Crippen LogP contribution in [0.4, 0.5) is 0 Å². The van der Waals surface area contributed by atoms with Crippen LogP contribution in [0.3, 0.4) is 0 Å². The number of rotatable bonds is 30. The van der Waals surface area contributed by atoms with Crippen LogP contribution in [-0.4, -0.2) is 34.9 Å². The van der Waals surface area contributed by atoms with Gasteiger partial charge in [-0.15, -0.1) is 0 Å². The number of unbranched alkanes of at least 4 members (excludes halogenated alkanes) is 17. The fourth-order valence-electron chi connectivity index (χ4n) is 4.79. The van der Waals surface area contributed by atoms with E-state index in [2.05, 4.69) is 55.6 Å². The highest BCUT2D eigenvalue weighted by molar-refractivity contribution is 5.76. The van der Waals surface area contributed by atoms with E-state index in [0.717, 1.165) is 51.4 Å². The Morgan fingerprint density at radius 2 is 0.951 bits per heavy atom. The van der Waals surface area contributed by atoms with Crippen molar-refractivity contribution in [1.29, 1.82) is 0 Å². The molecule has 0 rings (SSSR count). The lowest BCUT2D eigenvalue weighted by Gasteiger charge is -2.19. The second-order valence-corrected chi connectivity index (χ2v) is 11.6. The zero-order valence-electron chi connectivity index (χ0n) is 27.0. The van der Waals surface area contributed by atoms with Gasteiger partial charge in [-0.2, -0.15) is 0 Å². The molecule has 4 heteroatoms. The summed E-state index contributed by atoms with van der Waals surface area (Å²) in [5.74, 6) is -0.0909. The predicted molar refractivity (Wildman–Crippen MR) is 179 cm³/mol. The second kappa shape index (κ2) is 32.9. The molecule has 2 unspecified atom stereocenters. The highest BCUT2D eigenvalue weighted by atomic mass is 16.3. The summed E-state index contributed by atoms with van der Waals surface area (Å²) in [6.45, 7) is 4.24. The molecule has 4 nitrogen and oxygen atoms in total. The van der Waals surface area contributed by atoms with Crippen LogP contribution in [0.1, 0.15) is 162 Å². The number of hydrogen-bond acceptors (Lipinski definition) is 3. The lowest BCUT2D eigenvalue weighted by molar-refractivity contribution is -0.123. The van der Waals surface area contributed by atoms with E-state index in [4.69, 9.17) is 0 Å².